The van der Waals surface area contributed by atoms with Gasteiger partial charge in [-0.1, -0.05) is 50.3 Å². The lowest BCUT2D eigenvalue weighted by Crippen LogP contribution is -2.33. The second-order valence-electron chi connectivity index (χ2n) is 5.66. The van der Waals surface area contributed by atoms with Crippen molar-refractivity contribution in [3.63, 3.8) is 0 Å². The van der Waals surface area contributed by atoms with Crippen LogP contribution in [-0.2, 0) is 9.53 Å². The molecule has 1 amide bonds. The van der Waals surface area contributed by atoms with Gasteiger partial charge in [-0.2, -0.15) is 0 Å². The van der Waals surface area contributed by atoms with Crippen molar-refractivity contribution in [2.75, 3.05) is 20.2 Å². The molecule has 0 aliphatic carbocycles. The molecule has 0 unspecified atom stereocenters. The highest BCUT2D eigenvalue weighted by Crippen LogP contribution is 2.06. The number of amides is 1. The van der Waals surface area contributed by atoms with E-state index in [0.29, 0.717) is 12.2 Å². The van der Waals surface area contributed by atoms with Crippen LogP contribution in [0.3, 0.4) is 0 Å². The van der Waals surface area contributed by atoms with Crippen LogP contribution in [0.5, 0.6) is 0 Å². The van der Waals surface area contributed by atoms with Gasteiger partial charge in [-0.05, 0) is 25.5 Å². The molecule has 22 heavy (non-hydrogen) atoms. The monoisotopic (exact) mass is 305 g/mol. The van der Waals surface area contributed by atoms with Crippen LogP contribution in [0.15, 0.2) is 24.3 Å². The molecule has 0 atom stereocenters. The molecular weight excluding hydrogens is 278 g/mol. The molecule has 0 aliphatic rings. The van der Waals surface area contributed by atoms with Crippen molar-refractivity contribution in [2.45, 2.75) is 46.0 Å². The van der Waals surface area contributed by atoms with Crippen LogP contribution in [0.25, 0.3) is 0 Å². The molecule has 0 saturated carbocycles. The van der Waals surface area contributed by atoms with E-state index < -0.39 is 0 Å². The van der Waals surface area contributed by atoms with Crippen LogP contribution in [0.4, 0.5) is 0 Å². The molecule has 0 bridgehead atoms. The second-order valence-corrected chi connectivity index (χ2v) is 5.66. The van der Waals surface area contributed by atoms with Gasteiger partial charge in [0, 0.05) is 12.6 Å². The minimum absolute atomic E-state index is 0.0122. The Morgan fingerprint density at radius 1 is 1.05 bits per heavy atom. The maximum Gasteiger partial charge on any atom is 0.325 e. The topological polar surface area (TPSA) is 46.6 Å². The minimum atomic E-state index is -0.349. The number of ether oxygens (including phenoxy) is 1. The quantitative estimate of drug-likeness (QED) is 0.517. The Morgan fingerprint density at radius 3 is 2.32 bits per heavy atom. The molecule has 0 saturated heterocycles. The Hall–Kier alpha value is -1.84. The van der Waals surface area contributed by atoms with Crippen LogP contribution < -0.4 is 0 Å². The third-order valence-electron chi connectivity index (χ3n) is 3.52. The average molecular weight is 305 g/mol. The largest absolute Gasteiger partial charge is 0.464 e. The summed E-state index contributed by atoms with van der Waals surface area (Å²) in [7, 11) is 1.62. The van der Waals surface area contributed by atoms with Gasteiger partial charge in [0.15, 0.2) is 0 Å². The van der Waals surface area contributed by atoms with E-state index in [-0.39, 0.29) is 18.4 Å². The fourth-order valence-corrected chi connectivity index (χ4v) is 2.12. The molecule has 0 spiro atoms. The van der Waals surface area contributed by atoms with Crippen molar-refractivity contribution in [3.8, 4) is 0 Å². The molecule has 1 rings (SSSR count). The lowest BCUT2D eigenvalue weighted by atomic mass is 10.1. The number of hydrogen-bond donors (Lipinski definition) is 0. The van der Waals surface area contributed by atoms with Gasteiger partial charge >= 0.3 is 5.97 Å². The maximum absolute atomic E-state index is 12.2. The first-order valence-corrected chi connectivity index (χ1v) is 8.02. The van der Waals surface area contributed by atoms with Crippen LogP contribution in [-0.4, -0.2) is 37.0 Å². The molecule has 0 fully saturated rings. The van der Waals surface area contributed by atoms with Crippen LogP contribution in [0.2, 0.25) is 0 Å². The number of rotatable bonds is 9. The number of carbonyl (C=O) groups is 2. The first-order valence-electron chi connectivity index (χ1n) is 8.02. The van der Waals surface area contributed by atoms with Crippen molar-refractivity contribution in [1.29, 1.82) is 0 Å². The number of likely N-dealkylation sites (N-methyl/N-ethyl adjacent to an activating group) is 1. The van der Waals surface area contributed by atoms with E-state index >= 15 is 0 Å². The Morgan fingerprint density at radius 2 is 1.68 bits per heavy atom. The summed E-state index contributed by atoms with van der Waals surface area (Å²) in [4.78, 5) is 25.3. The van der Waals surface area contributed by atoms with E-state index in [2.05, 4.69) is 6.92 Å². The zero-order valence-electron chi connectivity index (χ0n) is 13.9. The molecule has 0 radical (unpaired) electrons. The highest BCUT2D eigenvalue weighted by molar-refractivity contribution is 5.95. The fourth-order valence-electron chi connectivity index (χ4n) is 2.12. The summed E-state index contributed by atoms with van der Waals surface area (Å²) in [5.74, 6) is -0.515. The predicted molar refractivity (Wildman–Crippen MR) is 87.9 cm³/mol. The third-order valence-corrected chi connectivity index (χ3v) is 3.52. The SMILES string of the molecule is CCCCCCCOC(=O)CN(C)C(=O)c1ccc(C)cc1. The second kappa shape index (κ2) is 9.98. The number of carbonyl (C=O) groups excluding carboxylic acids is 2. The fraction of sp³-hybridized carbons (Fsp3) is 0.556. The van der Waals surface area contributed by atoms with Gasteiger partial charge in [-0.25, -0.2) is 0 Å². The summed E-state index contributed by atoms with van der Waals surface area (Å²) >= 11 is 0. The Balaban J connectivity index is 2.28. The number of hydrogen-bond acceptors (Lipinski definition) is 3. The molecular formula is C18H27NO3. The zero-order valence-corrected chi connectivity index (χ0v) is 13.9. The standard InChI is InChI=1S/C18H27NO3/c1-4-5-6-7-8-13-22-17(20)14-19(3)18(21)16-11-9-15(2)10-12-16/h9-12H,4-8,13-14H2,1-3H3. The van der Waals surface area contributed by atoms with Gasteiger partial charge < -0.3 is 9.64 Å². The van der Waals surface area contributed by atoms with Gasteiger partial charge in [-0.15, -0.1) is 0 Å². The van der Waals surface area contributed by atoms with Crippen molar-refractivity contribution < 1.29 is 14.3 Å². The van der Waals surface area contributed by atoms with Crippen molar-refractivity contribution in [2.24, 2.45) is 0 Å². The average Bonchev–Trinajstić information content (AvgIpc) is 2.50. The van der Waals surface area contributed by atoms with Gasteiger partial charge in [0.25, 0.3) is 5.91 Å². The third kappa shape index (κ3) is 6.74. The molecule has 1 aromatic carbocycles. The van der Waals surface area contributed by atoms with Crippen molar-refractivity contribution >= 4 is 11.9 Å². The lowest BCUT2D eigenvalue weighted by Gasteiger charge is -2.16. The minimum Gasteiger partial charge on any atom is -0.464 e. The highest BCUT2D eigenvalue weighted by Gasteiger charge is 2.15. The summed E-state index contributed by atoms with van der Waals surface area (Å²) in [5, 5.41) is 0. The summed E-state index contributed by atoms with van der Waals surface area (Å²) in [6.07, 6.45) is 5.58. The normalized spacial score (nSPS) is 10.3. The molecule has 0 heterocycles. The number of nitrogens with zero attached hydrogens (tertiary/aromatic N) is 1. The number of aryl methyl sites for hydroxylation is 1. The van der Waals surface area contributed by atoms with Crippen LogP contribution in [0.1, 0.15) is 54.9 Å². The first kappa shape index (κ1) is 18.2. The van der Waals surface area contributed by atoms with Gasteiger partial charge in [0.2, 0.25) is 0 Å². The summed E-state index contributed by atoms with van der Waals surface area (Å²) in [6.45, 7) is 4.56. The molecule has 1 aromatic rings. The van der Waals surface area contributed by atoms with Crippen molar-refractivity contribution in [1.82, 2.24) is 4.90 Å². The molecule has 122 valence electrons. The van der Waals surface area contributed by atoms with Crippen molar-refractivity contribution in [3.05, 3.63) is 35.4 Å². The van der Waals surface area contributed by atoms with Crippen LogP contribution in [0, 0.1) is 6.92 Å². The molecule has 4 nitrogen and oxygen atoms in total. The summed E-state index contributed by atoms with van der Waals surface area (Å²) in [5.41, 5.74) is 1.68. The number of benzene rings is 1. The Labute approximate surface area is 133 Å². The summed E-state index contributed by atoms with van der Waals surface area (Å²) < 4.78 is 5.17. The molecule has 0 aromatic heterocycles. The Bertz CT molecular complexity index is 468. The first-order chi connectivity index (χ1) is 10.5. The highest BCUT2D eigenvalue weighted by atomic mass is 16.5. The molecule has 0 N–H and O–H groups in total. The molecule has 4 heteroatoms. The van der Waals surface area contributed by atoms with Gasteiger partial charge in [0.05, 0.1) is 6.61 Å². The van der Waals surface area contributed by atoms with E-state index in [4.69, 9.17) is 4.74 Å². The van der Waals surface area contributed by atoms with E-state index in [0.717, 1.165) is 18.4 Å². The van der Waals surface area contributed by atoms with E-state index in [1.165, 1.54) is 24.2 Å². The van der Waals surface area contributed by atoms with Gasteiger partial charge in [0.1, 0.15) is 6.54 Å². The smallest absolute Gasteiger partial charge is 0.325 e. The van der Waals surface area contributed by atoms with E-state index in [9.17, 15) is 9.59 Å². The zero-order chi connectivity index (χ0) is 16.4. The molecule has 0 aliphatic heterocycles. The number of esters is 1. The van der Waals surface area contributed by atoms with E-state index in [1.807, 2.05) is 19.1 Å². The Kier molecular flexibility index (Phi) is 8.26. The number of unbranched alkanes of at least 4 members (excludes halogenated alkanes) is 4. The maximum atomic E-state index is 12.2. The van der Waals surface area contributed by atoms with Gasteiger partial charge in [-0.3, -0.25) is 9.59 Å². The predicted octanol–water partition coefficient (Wildman–Crippen LogP) is 3.58. The summed E-state index contributed by atoms with van der Waals surface area (Å²) in [6, 6.07) is 7.31. The lowest BCUT2D eigenvalue weighted by molar-refractivity contribution is -0.144. The van der Waals surface area contributed by atoms with Crippen LogP contribution >= 0.6 is 0 Å². The van der Waals surface area contributed by atoms with E-state index in [1.54, 1.807) is 19.2 Å².